The summed E-state index contributed by atoms with van der Waals surface area (Å²) < 4.78 is 0. The lowest BCUT2D eigenvalue weighted by Gasteiger charge is -1.92. The van der Waals surface area contributed by atoms with E-state index in [4.69, 9.17) is 0 Å². The molecule has 0 N–H and O–H groups in total. The second-order valence-electron chi connectivity index (χ2n) is 2.31. The minimum absolute atomic E-state index is 0. The molecule has 0 aromatic carbocycles. The number of hydrogen-bond acceptors (Lipinski definition) is 0. The summed E-state index contributed by atoms with van der Waals surface area (Å²) in [6, 6.07) is 0. The summed E-state index contributed by atoms with van der Waals surface area (Å²) in [4.78, 5) is 0. The molecule has 1 heteroatoms. The van der Waals surface area contributed by atoms with Crippen molar-refractivity contribution in [1.82, 2.24) is 0 Å². The minimum Gasteiger partial charge on any atom is -0.269 e. The topological polar surface area (TPSA) is 0 Å². The van der Waals surface area contributed by atoms with Crippen molar-refractivity contribution < 1.29 is 4.70 Å². The second-order valence-corrected chi connectivity index (χ2v) is 2.31. The smallest absolute Gasteiger partial charge is 0.0273 e. The SMILES string of the molecule is C=CC1=C(C=C)CCC1.CC.CC.F. The van der Waals surface area contributed by atoms with Gasteiger partial charge in [-0.2, -0.15) is 0 Å². The fourth-order valence-corrected chi connectivity index (χ4v) is 1.26. The summed E-state index contributed by atoms with van der Waals surface area (Å²) in [6.07, 6.45) is 7.58. The Bertz CT molecular complexity index is 148. The number of halogens is 1. The molecule has 1 aliphatic carbocycles. The van der Waals surface area contributed by atoms with E-state index in [2.05, 4.69) is 13.2 Å². The normalized spacial score (nSPS) is 12.6. The molecule has 0 amide bonds. The lowest BCUT2D eigenvalue weighted by Crippen LogP contribution is -1.71. The van der Waals surface area contributed by atoms with Gasteiger partial charge in [0, 0.05) is 0 Å². The van der Waals surface area contributed by atoms with E-state index < -0.39 is 0 Å². The van der Waals surface area contributed by atoms with Crippen LogP contribution in [0, 0.1) is 0 Å². The van der Waals surface area contributed by atoms with Crippen LogP contribution in [0.15, 0.2) is 36.5 Å². The molecular weight excluding hydrogens is 175 g/mol. The lowest BCUT2D eigenvalue weighted by molar-refractivity contribution is 0.907. The van der Waals surface area contributed by atoms with Crippen molar-refractivity contribution in [2.75, 3.05) is 0 Å². The molecule has 0 aromatic heterocycles. The van der Waals surface area contributed by atoms with Crippen LogP contribution in [0.4, 0.5) is 4.70 Å². The molecule has 0 atom stereocenters. The van der Waals surface area contributed by atoms with Gasteiger partial charge in [-0.25, -0.2) is 0 Å². The summed E-state index contributed by atoms with van der Waals surface area (Å²) in [7, 11) is 0. The van der Waals surface area contributed by atoms with E-state index in [-0.39, 0.29) is 4.70 Å². The molecule has 0 unspecified atom stereocenters. The van der Waals surface area contributed by atoms with Gasteiger partial charge in [0.15, 0.2) is 0 Å². The van der Waals surface area contributed by atoms with Gasteiger partial charge in [0.2, 0.25) is 0 Å². The van der Waals surface area contributed by atoms with Crippen LogP contribution in [0.5, 0.6) is 0 Å². The van der Waals surface area contributed by atoms with E-state index in [0.29, 0.717) is 0 Å². The fourth-order valence-electron chi connectivity index (χ4n) is 1.26. The summed E-state index contributed by atoms with van der Waals surface area (Å²) in [6.45, 7) is 15.5. The molecule has 0 saturated heterocycles. The van der Waals surface area contributed by atoms with Crippen molar-refractivity contribution in [3.05, 3.63) is 36.5 Å². The van der Waals surface area contributed by atoms with E-state index in [0.717, 1.165) is 0 Å². The maximum absolute atomic E-state index is 3.74. The van der Waals surface area contributed by atoms with Gasteiger partial charge in [0.1, 0.15) is 0 Å². The quantitative estimate of drug-likeness (QED) is 0.585. The van der Waals surface area contributed by atoms with Gasteiger partial charge >= 0.3 is 0 Å². The molecule has 0 fully saturated rings. The first-order chi connectivity index (χ1) is 6.38. The number of allylic oxidation sites excluding steroid dienone is 4. The molecule has 0 radical (unpaired) electrons. The molecule has 1 aliphatic rings. The fraction of sp³-hybridized carbons (Fsp3) is 0.538. The number of rotatable bonds is 2. The number of hydrogen-bond donors (Lipinski definition) is 0. The van der Waals surface area contributed by atoms with E-state index in [1.54, 1.807) is 0 Å². The van der Waals surface area contributed by atoms with Crippen LogP contribution in [-0.4, -0.2) is 0 Å². The van der Waals surface area contributed by atoms with Gasteiger partial charge in [-0.15, -0.1) is 0 Å². The summed E-state index contributed by atoms with van der Waals surface area (Å²) >= 11 is 0. The molecule has 0 nitrogen and oxygen atoms in total. The van der Waals surface area contributed by atoms with Crippen molar-refractivity contribution in [2.24, 2.45) is 0 Å². The maximum atomic E-state index is 3.74. The Labute approximate surface area is 88.8 Å². The largest absolute Gasteiger partial charge is 0.269 e. The Hall–Kier alpha value is -0.850. The zero-order chi connectivity index (χ0) is 10.7. The highest BCUT2D eigenvalue weighted by Crippen LogP contribution is 2.26. The highest BCUT2D eigenvalue weighted by atomic mass is 19.0. The third-order valence-electron chi connectivity index (χ3n) is 1.80. The molecule has 14 heavy (non-hydrogen) atoms. The Morgan fingerprint density at radius 2 is 1.14 bits per heavy atom. The van der Waals surface area contributed by atoms with E-state index in [9.17, 15) is 0 Å². The van der Waals surface area contributed by atoms with Crippen LogP contribution >= 0.6 is 0 Å². The molecule has 84 valence electrons. The summed E-state index contributed by atoms with van der Waals surface area (Å²) in [5.74, 6) is 0. The van der Waals surface area contributed by atoms with Crippen molar-refractivity contribution in [3.8, 4) is 0 Å². The molecule has 0 saturated carbocycles. The maximum Gasteiger partial charge on any atom is -0.0273 e. The van der Waals surface area contributed by atoms with Crippen LogP contribution in [0.25, 0.3) is 0 Å². The molecule has 1 rings (SSSR count). The predicted molar refractivity (Wildman–Crippen MR) is 66.5 cm³/mol. The van der Waals surface area contributed by atoms with Crippen LogP contribution in [-0.2, 0) is 0 Å². The summed E-state index contributed by atoms with van der Waals surface area (Å²) in [5.41, 5.74) is 2.79. The first-order valence-corrected chi connectivity index (χ1v) is 5.35. The Morgan fingerprint density at radius 1 is 0.857 bits per heavy atom. The Kier molecular flexibility index (Phi) is 19.7. The zero-order valence-electron chi connectivity index (χ0n) is 10.1. The molecule has 0 aromatic rings. The average Bonchev–Trinajstić information content (AvgIpc) is 2.70. The molecule has 0 aliphatic heterocycles. The minimum atomic E-state index is 0. The Morgan fingerprint density at radius 3 is 1.36 bits per heavy atom. The lowest BCUT2D eigenvalue weighted by atomic mass is 10.1. The van der Waals surface area contributed by atoms with Gasteiger partial charge in [-0.3, -0.25) is 4.70 Å². The monoisotopic (exact) mass is 200 g/mol. The third kappa shape index (κ3) is 6.64. The van der Waals surface area contributed by atoms with E-state index in [1.807, 2.05) is 39.8 Å². The van der Waals surface area contributed by atoms with Crippen molar-refractivity contribution in [1.29, 1.82) is 0 Å². The second kappa shape index (κ2) is 14.7. The standard InChI is InChI=1S/C9H12.2C2H6.FH/c1-3-8-6-5-7-9(8)4-2;2*1-2;/h3-4H,1-2,5-7H2;2*1-2H3;1H. The van der Waals surface area contributed by atoms with Crippen molar-refractivity contribution in [2.45, 2.75) is 47.0 Å². The van der Waals surface area contributed by atoms with Crippen LogP contribution < -0.4 is 0 Å². The van der Waals surface area contributed by atoms with E-state index in [1.165, 1.54) is 30.4 Å². The van der Waals surface area contributed by atoms with Gasteiger partial charge in [0.05, 0.1) is 0 Å². The summed E-state index contributed by atoms with van der Waals surface area (Å²) in [5, 5.41) is 0. The van der Waals surface area contributed by atoms with Crippen molar-refractivity contribution >= 4 is 0 Å². The molecule has 0 spiro atoms. The average molecular weight is 200 g/mol. The third-order valence-corrected chi connectivity index (χ3v) is 1.80. The van der Waals surface area contributed by atoms with Gasteiger partial charge in [-0.05, 0) is 30.4 Å². The van der Waals surface area contributed by atoms with E-state index >= 15 is 0 Å². The first kappa shape index (κ1) is 18.8. The zero-order valence-corrected chi connectivity index (χ0v) is 10.1. The first-order valence-electron chi connectivity index (χ1n) is 5.35. The molecule has 0 bridgehead atoms. The van der Waals surface area contributed by atoms with Crippen molar-refractivity contribution in [3.63, 3.8) is 0 Å². The van der Waals surface area contributed by atoms with Crippen LogP contribution in [0.2, 0.25) is 0 Å². The van der Waals surface area contributed by atoms with Crippen LogP contribution in [0.1, 0.15) is 47.0 Å². The van der Waals surface area contributed by atoms with Gasteiger partial charge in [-0.1, -0.05) is 53.0 Å². The predicted octanol–water partition coefficient (Wildman–Crippen LogP) is 5.04. The van der Waals surface area contributed by atoms with Gasteiger partial charge < -0.3 is 0 Å². The molecular formula is C13H25F. The molecule has 0 heterocycles. The van der Waals surface area contributed by atoms with Gasteiger partial charge in [0.25, 0.3) is 0 Å². The Balaban J connectivity index is -0.000000216. The highest BCUT2D eigenvalue weighted by molar-refractivity contribution is 5.34. The van der Waals surface area contributed by atoms with Crippen LogP contribution in [0.3, 0.4) is 0 Å². The highest BCUT2D eigenvalue weighted by Gasteiger charge is 2.07.